The molecular weight excluding hydrogens is 356 g/mol. The number of halogens is 1. The Morgan fingerprint density at radius 2 is 1.96 bits per heavy atom. The van der Waals surface area contributed by atoms with Crippen molar-refractivity contribution < 1.29 is 9.26 Å². The molecule has 4 rings (SSSR count). The summed E-state index contributed by atoms with van der Waals surface area (Å²) in [6, 6.07) is 1.75. The molecule has 0 amide bonds. The van der Waals surface area contributed by atoms with Crippen molar-refractivity contribution in [2.45, 2.75) is 50.0 Å². The quantitative estimate of drug-likeness (QED) is 0.862. The smallest absolute Gasteiger partial charge is 0.229 e. The van der Waals surface area contributed by atoms with Gasteiger partial charge < -0.3 is 19.9 Å². The van der Waals surface area contributed by atoms with Gasteiger partial charge in [-0.2, -0.15) is 9.97 Å². The third-order valence-electron chi connectivity index (χ3n) is 5.34. The highest BCUT2D eigenvalue weighted by Crippen LogP contribution is 2.36. The minimum absolute atomic E-state index is 0. The highest BCUT2D eigenvalue weighted by molar-refractivity contribution is 5.85. The number of ether oxygens (including phenoxy) is 1. The van der Waals surface area contributed by atoms with Crippen LogP contribution in [-0.2, 0) is 5.54 Å². The van der Waals surface area contributed by atoms with E-state index in [4.69, 9.17) is 15.0 Å². The number of hydrogen-bond acceptors (Lipinski definition) is 8. The second kappa shape index (κ2) is 7.75. The van der Waals surface area contributed by atoms with Crippen molar-refractivity contribution in [3.8, 4) is 5.88 Å². The zero-order valence-electron chi connectivity index (χ0n) is 14.9. The van der Waals surface area contributed by atoms with Crippen LogP contribution in [0.4, 0.5) is 5.95 Å². The van der Waals surface area contributed by atoms with Crippen LogP contribution in [0.5, 0.6) is 5.88 Å². The number of nitrogens with zero attached hydrogens (tertiary/aromatic N) is 5. The molecule has 1 aliphatic carbocycles. The van der Waals surface area contributed by atoms with Gasteiger partial charge in [0.1, 0.15) is 0 Å². The van der Waals surface area contributed by atoms with Crippen LogP contribution < -0.4 is 15.4 Å². The second-order valence-corrected chi connectivity index (χ2v) is 6.98. The summed E-state index contributed by atoms with van der Waals surface area (Å²) in [6.07, 6.45) is 7.74. The number of nitrogens with two attached hydrogens (primary N) is 1. The van der Waals surface area contributed by atoms with Crippen molar-refractivity contribution in [2.24, 2.45) is 5.73 Å². The average molecular weight is 381 g/mol. The summed E-state index contributed by atoms with van der Waals surface area (Å²) in [5.74, 6) is 2.96. The molecular formula is C17H25ClN6O2. The lowest BCUT2D eigenvalue weighted by Gasteiger charge is -2.30. The predicted octanol–water partition coefficient (Wildman–Crippen LogP) is 2.40. The fraction of sp³-hybridized carbons (Fsp3) is 0.647. The summed E-state index contributed by atoms with van der Waals surface area (Å²) in [4.78, 5) is 15.5. The number of piperidine rings is 1. The maximum atomic E-state index is 6.43. The maximum absolute atomic E-state index is 6.43. The molecule has 0 radical (unpaired) electrons. The average Bonchev–Trinajstić information content (AvgIpc) is 3.32. The van der Waals surface area contributed by atoms with Crippen LogP contribution in [0.3, 0.4) is 0 Å². The van der Waals surface area contributed by atoms with E-state index in [1.807, 2.05) is 0 Å². The molecule has 2 aromatic rings. The van der Waals surface area contributed by atoms with E-state index in [9.17, 15) is 0 Å². The minimum Gasteiger partial charge on any atom is -0.481 e. The van der Waals surface area contributed by atoms with Crippen LogP contribution in [0, 0.1) is 0 Å². The summed E-state index contributed by atoms with van der Waals surface area (Å²) in [6.45, 7) is 1.70. The van der Waals surface area contributed by atoms with E-state index in [0.717, 1.165) is 57.5 Å². The van der Waals surface area contributed by atoms with Gasteiger partial charge in [-0.15, -0.1) is 12.4 Å². The lowest BCUT2D eigenvalue weighted by atomic mass is 9.96. The largest absolute Gasteiger partial charge is 0.481 e. The first kappa shape index (κ1) is 18.8. The Labute approximate surface area is 158 Å². The molecule has 1 aliphatic heterocycles. The van der Waals surface area contributed by atoms with Gasteiger partial charge in [-0.3, -0.25) is 0 Å². The third kappa shape index (κ3) is 3.61. The van der Waals surface area contributed by atoms with Gasteiger partial charge in [-0.25, -0.2) is 4.98 Å². The molecule has 1 saturated heterocycles. The first-order valence-corrected chi connectivity index (χ1v) is 8.93. The molecule has 0 aromatic carbocycles. The fourth-order valence-corrected chi connectivity index (χ4v) is 3.76. The van der Waals surface area contributed by atoms with E-state index in [1.54, 1.807) is 19.4 Å². The van der Waals surface area contributed by atoms with Crippen molar-refractivity contribution in [3.05, 3.63) is 24.0 Å². The number of anilines is 1. The molecule has 2 fully saturated rings. The molecule has 142 valence electrons. The summed E-state index contributed by atoms with van der Waals surface area (Å²) in [5, 5.41) is 4.18. The molecule has 0 unspecified atom stereocenters. The van der Waals surface area contributed by atoms with Crippen LogP contribution in [0.25, 0.3) is 0 Å². The Bertz CT molecular complexity index is 726. The summed E-state index contributed by atoms with van der Waals surface area (Å²) < 4.78 is 10.7. The van der Waals surface area contributed by atoms with Gasteiger partial charge in [0.25, 0.3) is 0 Å². The van der Waals surface area contributed by atoms with E-state index in [1.165, 1.54) is 0 Å². The third-order valence-corrected chi connectivity index (χ3v) is 5.34. The molecule has 0 spiro atoms. The van der Waals surface area contributed by atoms with E-state index in [-0.39, 0.29) is 18.3 Å². The van der Waals surface area contributed by atoms with Crippen LogP contribution in [0.2, 0.25) is 0 Å². The van der Waals surface area contributed by atoms with Crippen molar-refractivity contribution in [2.75, 3.05) is 25.1 Å². The molecule has 0 bridgehead atoms. The second-order valence-electron chi connectivity index (χ2n) is 6.98. The van der Waals surface area contributed by atoms with Gasteiger partial charge in [0.2, 0.25) is 17.7 Å². The Hall–Kier alpha value is -1.93. The van der Waals surface area contributed by atoms with Crippen LogP contribution in [0.1, 0.15) is 56.2 Å². The van der Waals surface area contributed by atoms with Gasteiger partial charge in [0.15, 0.2) is 5.82 Å². The molecule has 0 atom stereocenters. The van der Waals surface area contributed by atoms with Gasteiger partial charge in [0, 0.05) is 31.3 Å². The zero-order chi connectivity index (χ0) is 17.3. The SMILES string of the molecule is COc1ccnc(N2CCC(c3nc(C4(N)CCCC4)no3)CC2)n1.Cl. The molecule has 2 aliphatic rings. The highest BCUT2D eigenvalue weighted by atomic mass is 35.5. The fourth-order valence-electron chi connectivity index (χ4n) is 3.76. The van der Waals surface area contributed by atoms with Gasteiger partial charge in [-0.1, -0.05) is 18.0 Å². The van der Waals surface area contributed by atoms with Crippen LogP contribution in [0.15, 0.2) is 16.8 Å². The van der Waals surface area contributed by atoms with Gasteiger partial charge in [-0.05, 0) is 25.7 Å². The van der Waals surface area contributed by atoms with E-state index >= 15 is 0 Å². The Morgan fingerprint density at radius 1 is 1.23 bits per heavy atom. The number of aromatic nitrogens is 4. The van der Waals surface area contributed by atoms with Crippen molar-refractivity contribution in [1.82, 2.24) is 20.1 Å². The number of rotatable bonds is 4. The molecule has 26 heavy (non-hydrogen) atoms. The zero-order valence-corrected chi connectivity index (χ0v) is 15.7. The van der Waals surface area contributed by atoms with Crippen molar-refractivity contribution in [3.63, 3.8) is 0 Å². The molecule has 2 N–H and O–H groups in total. The summed E-state index contributed by atoms with van der Waals surface area (Å²) in [5.41, 5.74) is 6.04. The predicted molar refractivity (Wildman–Crippen MR) is 98.7 cm³/mol. The topological polar surface area (TPSA) is 103 Å². The molecule has 3 heterocycles. The molecule has 2 aromatic heterocycles. The first-order valence-electron chi connectivity index (χ1n) is 8.93. The lowest BCUT2D eigenvalue weighted by Crippen LogP contribution is -2.35. The summed E-state index contributed by atoms with van der Waals surface area (Å²) in [7, 11) is 1.61. The Kier molecular flexibility index (Phi) is 5.62. The van der Waals surface area contributed by atoms with E-state index in [2.05, 4.69) is 25.0 Å². The lowest BCUT2D eigenvalue weighted by molar-refractivity contribution is 0.316. The van der Waals surface area contributed by atoms with Crippen molar-refractivity contribution in [1.29, 1.82) is 0 Å². The monoisotopic (exact) mass is 380 g/mol. The van der Waals surface area contributed by atoms with Gasteiger partial charge in [0.05, 0.1) is 12.6 Å². The minimum atomic E-state index is -0.392. The standard InChI is InChI=1S/C17H24N6O2.ClH/c1-24-13-4-9-19-16(20-13)23-10-5-12(6-11-23)14-21-15(22-25-14)17(18)7-2-3-8-17;/h4,9,12H,2-3,5-8,10-11,18H2,1H3;1H. The summed E-state index contributed by atoms with van der Waals surface area (Å²) >= 11 is 0. The van der Waals surface area contributed by atoms with Crippen LogP contribution >= 0.6 is 12.4 Å². The molecule has 1 saturated carbocycles. The van der Waals surface area contributed by atoms with E-state index in [0.29, 0.717) is 17.7 Å². The molecule has 8 nitrogen and oxygen atoms in total. The number of hydrogen-bond donors (Lipinski definition) is 1. The normalized spacial score (nSPS) is 20.0. The van der Waals surface area contributed by atoms with E-state index < -0.39 is 5.54 Å². The van der Waals surface area contributed by atoms with Gasteiger partial charge >= 0.3 is 0 Å². The molecule has 9 heteroatoms. The van der Waals surface area contributed by atoms with Crippen LogP contribution in [-0.4, -0.2) is 40.3 Å². The first-order chi connectivity index (χ1) is 12.2. The maximum Gasteiger partial charge on any atom is 0.229 e. The Morgan fingerprint density at radius 3 is 2.65 bits per heavy atom. The van der Waals surface area contributed by atoms with Crippen molar-refractivity contribution >= 4 is 18.4 Å². The number of methoxy groups -OCH3 is 1. The Balaban J connectivity index is 0.00000196. The highest BCUT2D eigenvalue weighted by Gasteiger charge is 2.37.